The molecule has 0 saturated carbocycles. The number of carbonyl (C=O) groups excluding carboxylic acids is 1. The van der Waals surface area contributed by atoms with E-state index in [1.54, 1.807) is 0 Å². The van der Waals surface area contributed by atoms with Crippen LogP contribution in [0.1, 0.15) is 46.5 Å². The molecule has 5 nitrogen and oxygen atoms in total. The van der Waals surface area contributed by atoms with Crippen molar-refractivity contribution in [2.24, 2.45) is 23.5 Å². The van der Waals surface area contributed by atoms with Gasteiger partial charge in [0, 0.05) is 19.4 Å². The molecule has 112 valence electrons. The van der Waals surface area contributed by atoms with Gasteiger partial charge in [-0.1, -0.05) is 27.2 Å². The van der Waals surface area contributed by atoms with E-state index in [0.717, 1.165) is 12.8 Å². The standard InChI is InChI=1S/C14H28N2O3/c1-4-11(8-15)6-13(17)16-9-12(5-10(2)3)7-14(18)19/h10-12H,4-9,15H2,1-3H3,(H,16,17)(H,18,19)/t11?,12-/m0/s1. The molecule has 0 aliphatic rings. The minimum absolute atomic E-state index is 0.000553. The topological polar surface area (TPSA) is 92.4 Å². The molecule has 0 fully saturated rings. The van der Waals surface area contributed by atoms with Crippen molar-refractivity contribution in [3.63, 3.8) is 0 Å². The molecule has 0 spiro atoms. The molecule has 0 rings (SSSR count). The van der Waals surface area contributed by atoms with Crippen LogP contribution < -0.4 is 11.1 Å². The zero-order chi connectivity index (χ0) is 14.8. The predicted molar refractivity (Wildman–Crippen MR) is 75.7 cm³/mol. The summed E-state index contributed by atoms with van der Waals surface area (Å²) in [5.74, 6) is -0.208. The lowest BCUT2D eigenvalue weighted by atomic mass is 9.94. The lowest BCUT2D eigenvalue weighted by molar-refractivity contribution is -0.138. The summed E-state index contributed by atoms with van der Waals surface area (Å²) < 4.78 is 0. The van der Waals surface area contributed by atoms with Gasteiger partial charge in [-0.15, -0.1) is 0 Å². The van der Waals surface area contributed by atoms with Gasteiger partial charge in [0.15, 0.2) is 0 Å². The Morgan fingerprint density at radius 3 is 2.26 bits per heavy atom. The van der Waals surface area contributed by atoms with Crippen molar-refractivity contribution in [1.29, 1.82) is 0 Å². The summed E-state index contributed by atoms with van der Waals surface area (Å²) in [5, 5.41) is 11.7. The number of amides is 1. The van der Waals surface area contributed by atoms with Gasteiger partial charge in [0.2, 0.25) is 5.91 Å². The van der Waals surface area contributed by atoms with Gasteiger partial charge in [-0.05, 0) is 30.7 Å². The zero-order valence-corrected chi connectivity index (χ0v) is 12.3. The molecule has 0 aromatic carbocycles. The Bertz CT molecular complexity index is 276. The minimum Gasteiger partial charge on any atom is -0.481 e. The molecule has 0 aliphatic heterocycles. The van der Waals surface area contributed by atoms with Crippen molar-refractivity contribution in [2.45, 2.75) is 46.5 Å². The number of carboxylic acid groups (broad SMARTS) is 1. The van der Waals surface area contributed by atoms with E-state index in [0.29, 0.717) is 25.4 Å². The van der Waals surface area contributed by atoms with E-state index in [4.69, 9.17) is 10.8 Å². The normalized spacial score (nSPS) is 14.2. The van der Waals surface area contributed by atoms with Crippen LogP contribution in [0, 0.1) is 17.8 Å². The largest absolute Gasteiger partial charge is 0.481 e. The van der Waals surface area contributed by atoms with Gasteiger partial charge in [-0.25, -0.2) is 0 Å². The fourth-order valence-corrected chi connectivity index (χ4v) is 2.14. The third kappa shape index (κ3) is 9.47. The van der Waals surface area contributed by atoms with Crippen LogP contribution in [-0.2, 0) is 9.59 Å². The van der Waals surface area contributed by atoms with Crippen molar-refractivity contribution in [2.75, 3.05) is 13.1 Å². The molecule has 1 unspecified atom stereocenters. The SMILES string of the molecule is CCC(CN)CC(=O)NC[C@H](CC(=O)O)CC(C)C. The van der Waals surface area contributed by atoms with Gasteiger partial charge >= 0.3 is 5.97 Å². The van der Waals surface area contributed by atoms with Crippen molar-refractivity contribution in [3.05, 3.63) is 0 Å². The maximum Gasteiger partial charge on any atom is 0.303 e. The number of nitrogens with two attached hydrogens (primary N) is 1. The van der Waals surface area contributed by atoms with Crippen molar-refractivity contribution in [3.8, 4) is 0 Å². The van der Waals surface area contributed by atoms with Crippen molar-refractivity contribution in [1.82, 2.24) is 5.32 Å². The summed E-state index contributed by atoms with van der Waals surface area (Å²) in [4.78, 5) is 22.5. The zero-order valence-electron chi connectivity index (χ0n) is 12.3. The Kier molecular flexibility index (Phi) is 9.21. The smallest absolute Gasteiger partial charge is 0.303 e. The molecule has 5 heteroatoms. The predicted octanol–water partition coefficient (Wildman–Crippen LogP) is 1.61. The fourth-order valence-electron chi connectivity index (χ4n) is 2.14. The highest BCUT2D eigenvalue weighted by Crippen LogP contribution is 2.15. The van der Waals surface area contributed by atoms with Gasteiger partial charge in [0.05, 0.1) is 0 Å². The average Bonchev–Trinajstić information content (AvgIpc) is 2.31. The summed E-state index contributed by atoms with van der Waals surface area (Å²) in [6.07, 6.45) is 2.22. The molecule has 0 radical (unpaired) electrons. The number of nitrogens with one attached hydrogen (secondary N) is 1. The highest BCUT2D eigenvalue weighted by molar-refractivity contribution is 5.76. The van der Waals surface area contributed by atoms with Crippen LogP contribution in [0.4, 0.5) is 0 Å². The number of carbonyl (C=O) groups is 2. The van der Waals surface area contributed by atoms with E-state index in [2.05, 4.69) is 19.2 Å². The first-order valence-electron chi connectivity index (χ1n) is 7.07. The number of rotatable bonds is 10. The first-order valence-corrected chi connectivity index (χ1v) is 7.07. The molecular formula is C14H28N2O3. The van der Waals surface area contributed by atoms with Crippen LogP contribution in [-0.4, -0.2) is 30.1 Å². The minimum atomic E-state index is -0.812. The number of hydrogen-bond donors (Lipinski definition) is 3. The highest BCUT2D eigenvalue weighted by atomic mass is 16.4. The van der Waals surface area contributed by atoms with Crippen LogP contribution in [0.15, 0.2) is 0 Å². The molecule has 19 heavy (non-hydrogen) atoms. The van der Waals surface area contributed by atoms with Gasteiger partial charge in [-0.2, -0.15) is 0 Å². The van der Waals surface area contributed by atoms with Crippen LogP contribution in [0.2, 0.25) is 0 Å². The number of hydrogen-bond acceptors (Lipinski definition) is 3. The second-order valence-corrected chi connectivity index (χ2v) is 5.61. The maximum absolute atomic E-state index is 11.7. The number of aliphatic carboxylic acids is 1. The summed E-state index contributed by atoms with van der Waals surface area (Å²) in [6, 6.07) is 0. The Balaban J connectivity index is 4.14. The quantitative estimate of drug-likeness (QED) is 0.563. The van der Waals surface area contributed by atoms with E-state index in [1.165, 1.54) is 0 Å². The molecule has 4 N–H and O–H groups in total. The van der Waals surface area contributed by atoms with Gasteiger partial charge in [-0.3, -0.25) is 9.59 Å². The second kappa shape index (κ2) is 9.78. The monoisotopic (exact) mass is 272 g/mol. The van der Waals surface area contributed by atoms with Gasteiger partial charge in [0.1, 0.15) is 0 Å². The Hall–Kier alpha value is -1.10. The lowest BCUT2D eigenvalue weighted by Gasteiger charge is -2.19. The molecular weight excluding hydrogens is 244 g/mol. The molecule has 1 amide bonds. The molecule has 0 saturated heterocycles. The summed E-state index contributed by atoms with van der Waals surface area (Å²) >= 11 is 0. The van der Waals surface area contributed by atoms with E-state index < -0.39 is 5.97 Å². The van der Waals surface area contributed by atoms with E-state index >= 15 is 0 Å². The van der Waals surface area contributed by atoms with E-state index in [9.17, 15) is 9.59 Å². The molecule has 0 heterocycles. The second-order valence-electron chi connectivity index (χ2n) is 5.61. The highest BCUT2D eigenvalue weighted by Gasteiger charge is 2.17. The van der Waals surface area contributed by atoms with E-state index in [-0.39, 0.29) is 24.2 Å². The summed E-state index contributed by atoms with van der Waals surface area (Å²) in [7, 11) is 0. The summed E-state index contributed by atoms with van der Waals surface area (Å²) in [5.41, 5.74) is 5.56. The molecule has 2 atom stereocenters. The fraction of sp³-hybridized carbons (Fsp3) is 0.857. The lowest BCUT2D eigenvalue weighted by Crippen LogP contribution is -2.33. The Morgan fingerprint density at radius 2 is 1.84 bits per heavy atom. The number of carboxylic acids is 1. The van der Waals surface area contributed by atoms with Crippen LogP contribution in [0.5, 0.6) is 0 Å². The average molecular weight is 272 g/mol. The third-order valence-electron chi connectivity index (χ3n) is 3.24. The van der Waals surface area contributed by atoms with Gasteiger partial charge in [0.25, 0.3) is 0 Å². The first-order chi connectivity index (χ1) is 8.88. The van der Waals surface area contributed by atoms with Crippen LogP contribution in [0.25, 0.3) is 0 Å². The van der Waals surface area contributed by atoms with Crippen molar-refractivity contribution < 1.29 is 14.7 Å². The Morgan fingerprint density at radius 1 is 1.21 bits per heavy atom. The molecule has 0 aliphatic carbocycles. The maximum atomic E-state index is 11.7. The molecule has 0 bridgehead atoms. The van der Waals surface area contributed by atoms with Crippen LogP contribution >= 0.6 is 0 Å². The molecule has 0 aromatic rings. The Labute approximate surface area is 115 Å². The summed E-state index contributed by atoms with van der Waals surface area (Å²) in [6.45, 7) is 7.06. The third-order valence-corrected chi connectivity index (χ3v) is 3.24. The van der Waals surface area contributed by atoms with Gasteiger partial charge < -0.3 is 16.2 Å². The van der Waals surface area contributed by atoms with E-state index in [1.807, 2.05) is 6.92 Å². The van der Waals surface area contributed by atoms with Crippen LogP contribution in [0.3, 0.4) is 0 Å². The molecule has 0 aromatic heterocycles. The first kappa shape index (κ1) is 17.9. The van der Waals surface area contributed by atoms with Crippen molar-refractivity contribution >= 4 is 11.9 Å².